The molecule has 1 heterocycles. The third kappa shape index (κ3) is 7.19. The van der Waals surface area contributed by atoms with Crippen molar-refractivity contribution in [2.45, 2.75) is 45.8 Å². The van der Waals surface area contributed by atoms with Gasteiger partial charge in [0.05, 0.1) is 12.7 Å². The lowest BCUT2D eigenvalue weighted by molar-refractivity contribution is -0.131. The van der Waals surface area contributed by atoms with E-state index < -0.39 is 11.9 Å². The molecule has 7 nitrogen and oxygen atoms in total. The zero-order valence-electron chi connectivity index (χ0n) is 17.4. The smallest absolute Gasteiger partial charge is 0.274 e. The lowest BCUT2D eigenvalue weighted by Gasteiger charge is -2.22. The zero-order chi connectivity index (χ0) is 21.2. The molecule has 1 aromatic heterocycles. The van der Waals surface area contributed by atoms with Gasteiger partial charge in [0.1, 0.15) is 11.8 Å². The highest BCUT2D eigenvalue weighted by molar-refractivity contribution is 5.96. The van der Waals surface area contributed by atoms with Crippen molar-refractivity contribution >= 4 is 11.8 Å². The first-order chi connectivity index (χ1) is 13.9. The Hall–Kier alpha value is -2.93. The third-order valence-electron chi connectivity index (χ3n) is 4.12. The molecule has 0 aliphatic heterocycles. The number of carbonyl (C=O) groups is 2. The summed E-state index contributed by atoms with van der Waals surface area (Å²) in [5, 5.41) is 6.56. The molecule has 0 radical (unpaired) electrons. The standard InChI is InChI=1S/C22H29N3O4/c1-5-6-12-25(4)22(27)20(15-28-16(2)3)23-21(26)19-14-18(29-24-19)13-17-10-8-7-9-11-17/h6-12,14,16,20H,5,13,15H2,1-4H3,(H,23,26)/b12-6+/t20-/m0/s1. The van der Waals surface area contributed by atoms with Gasteiger partial charge in [0.25, 0.3) is 11.8 Å². The molecule has 0 fully saturated rings. The minimum atomic E-state index is -0.828. The van der Waals surface area contributed by atoms with Crippen LogP contribution in [0.2, 0.25) is 0 Å². The molecule has 0 spiro atoms. The molecule has 29 heavy (non-hydrogen) atoms. The first-order valence-corrected chi connectivity index (χ1v) is 9.76. The van der Waals surface area contributed by atoms with Gasteiger partial charge in [-0.2, -0.15) is 0 Å². The molecule has 2 rings (SSSR count). The third-order valence-corrected chi connectivity index (χ3v) is 4.12. The first kappa shape index (κ1) is 22.4. The summed E-state index contributed by atoms with van der Waals surface area (Å²) in [6.45, 7) is 5.80. The van der Waals surface area contributed by atoms with E-state index in [1.807, 2.05) is 57.2 Å². The van der Waals surface area contributed by atoms with Crippen molar-refractivity contribution in [1.29, 1.82) is 0 Å². The number of aromatic nitrogens is 1. The molecule has 2 amide bonds. The Bertz CT molecular complexity index is 814. The normalized spacial score (nSPS) is 12.3. The van der Waals surface area contributed by atoms with Crippen LogP contribution in [0.4, 0.5) is 0 Å². The Kier molecular flexibility index (Phi) is 8.61. The Balaban J connectivity index is 2.06. The number of nitrogens with one attached hydrogen (secondary N) is 1. The van der Waals surface area contributed by atoms with Gasteiger partial charge in [-0.05, 0) is 25.8 Å². The Morgan fingerprint density at radius 2 is 2.00 bits per heavy atom. The maximum atomic E-state index is 12.7. The Morgan fingerprint density at radius 1 is 1.28 bits per heavy atom. The summed E-state index contributed by atoms with van der Waals surface area (Å²) in [6, 6.07) is 10.5. The summed E-state index contributed by atoms with van der Waals surface area (Å²) in [5.74, 6) is -0.172. The molecule has 2 aromatic rings. The molecule has 0 saturated carbocycles. The molecule has 0 aliphatic rings. The van der Waals surface area contributed by atoms with Crippen LogP contribution in [0.15, 0.2) is 53.2 Å². The van der Waals surface area contributed by atoms with Gasteiger partial charge in [0.2, 0.25) is 0 Å². The van der Waals surface area contributed by atoms with Gasteiger partial charge >= 0.3 is 0 Å². The zero-order valence-corrected chi connectivity index (χ0v) is 17.4. The highest BCUT2D eigenvalue weighted by atomic mass is 16.5. The molecule has 0 aliphatic carbocycles. The highest BCUT2D eigenvalue weighted by Gasteiger charge is 2.26. The number of likely N-dealkylation sites (N-methyl/N-ethyl adjacent to an activating group) is 1. The van der Waals surface area contributed by atoms with Crippen LogP contribution in [0.5, 0.6) is 0 Å². The second kappa shape index (κ2) is 11.2. The Labute approximate surface area is 171 Å². The number of rotatable bonds is 10. The van der Waals surface area contributed by atoms with Crippen LogP contribution in [0, 0.1) is 0 Å². The van der Waals surface area contributed by atoms with Crippen LogP contribution in [-0.4, -0.2) is 47.7 Å². The number of hydrogen-bond donors (Lipinski definition) is 1. The van der Waals surface area contributed by atoms with E-state index >= 15 is 0 Å². The van der Waals surface area contributed by atoms with Crippen molar-refractivity contribution in [3.8, 4) is 0 Å². The molecule has 7 heteroatoms. The SMILES string of the molecule is CC/C=C/N(C)C(=O)[C@H](COC(C)C)NC(=O)c1cc(Cc2ccccc2)on1. The van der Waals surface area contributed by atoms with E-state index in [4.69, 9.17) is 9.26 Å². The minimum Gasteiger partial charge on any atom is -0.376 e. The number of allylic oxidation sites excluding steroid dienone is 1. The summed E-state index contributed by atoms with van der Waals surface area (Å²) >= 11 is 0. The fourth-order valence-corrected chi connectivity index (χ4v) is 2.58. The molecule has 1 aromatic carbocycles. The van der Waals surface area contributed by atoms with E-state index in [2.05, 4.69) is 10.5 Å². The summed E-state index contributed by atoms with van der Waals surface area (Å²) < 4.78 is 10.9. The van der Waals surface area contributed by atoms with Crippen molar-refractivity contribution in [3.63, 3.8) is 0 Å². The number of amides is 2. The van der Waals surface area contributed by atoms with Gasteiger partial charge in [-0.25, -0.2) is 0 Å². The topological polar surface area (TPSA) is 84.7 Å². The van der Waals surface area contributed by atoms with Gasteiger partial charge in [-0.1, -0.05) is 48.5 Å². The van der Waals surface area contributed by atoms with Crippen molar-refractivity contribution in [2.24, 2.45) is 0 Å². The van der Waals surface area contributed by atoms with E-state index in [1.165, 1.54) is 4.90 Å². The quantitative estimate of drug-likeness (QED) is 0.663. The molecule has 0 unspecified atom stereocenters. The van der Waals surface area contributed by atoms with Crippen LogP contribution in [0.25, 0.3) is 0 Å². The van der Waals surface area contributed by atoms with Gasteiger partial charge in [0.15, 0.2) is 5.69 Å². The second-order valence-corrected chi connectivity index (χ2v) is 6.99. The van der Waals surface area contributed by atoms with Crippen molar-refractivity contribution < 1.29 is 18.8 Å². The lowest BCUT2D eigenvalue weighted by Crippen LogP contribution is -2.49. The number of ether oxygens (including phenoxy) is 1. The number of hydrogen-bond acceptors (Lipinski definition) is 5. The van der Waals surface area contributed by atoms with Crippen LogP contribution in [-0.2, 0) is 16.0 Å². The van der Waals surface area contributed by atoms with E-state index in [-0.39, 0.29) is 24.3 Å². The van der Waals surface area contributed by atoms with Gasteiger partial charge < -0.3 is 19.5 Å². The molecule has 156 valence electrons. The second-order valence-electron chi connectivity index (χ2n) is 6.99. The average molecular weight is 399 g/mol. The predicted octanol–water partition coefficient (Wildman–Crippen LogP) is 3.17. The molecular weight excluding hydrogens is 370 g/mol. The minimum absolute atomic E-state index is 0.0665. The van der Waals surface area contributed by atoms with E-state index in [1.54, 1.807) is 19.3 Å². The number of benzene rings is 1. The largest absolute Gasteiger partial charge is 0.376 e. The summed E-state index contributed by atoms with van der Waals surface area (Å²) in [6.07, 6.45) is 4.83. The number of carbonyl (C=O) groups excluding carboxylic acids is 2. The lowest BCUT2D eigenvalue weighted by atomic mass is 10.1. The van der Waals surface area contributed by atoms with Crippen molar-refractivity contribution in [3.05, 3.63) is 65.7 Å². The first-order valence-electron chi connectivity index (χ1n) is 9.76. The fraction of sp³-hybridized carbons (Fsp3) is 0.409. The maximum absolute atomic E-state index is 12.7. The highest BCUT2D eigenvalue weighted by Crippen LogP contribution is 2.11. The summed E-state index contributed by atoms with van der Waals surface area (Å²) in [5.41, 5.74) is 1.18. The fourth-order valence-electron chi connectivity index (χ4n) is 2.58. The predicted molar refractivity (Wildman–Crippen MR) is 110 cm³/mol. The van der Waals surface area contributed by atoms with Gasteiger partial charge in [0, 0.05) is 25.7 Å². The van der Waals surface area contributed by atoms with Crippen LogP contribution >= 0.6 is 0 Å². The van der Waals surface area contributed by atoms with E-state index in [0.29, 0.717) is 12.2 Å². The monoisotopic (exact) mass is 399 g/mol. The van der Waals surface area contributed by atoms with Crippen LogP contribution in [0.3, 0.4) is 0 Å². The van der Waals surface area contributed by atoms with Crippen molar-refractivity contribution in [2.75, 3.05) is 13.7 Å². The molecular formula is C22H29N3O4. The molecule has 0 bridgehead atoms. The van der Waals surface area contributed by atoms with Gasteiger partial charge in [-0.3, -0.25) is 9.59 Å². The molecule has 0 saturated heterocycles. The summed E-state index contributed by atoms with van der Waals surface area (Å²) in [4.78, 5) is 26.8. The maximum Gasteiger partial charge on any atom is 0.274 e. The van der Waals surface area contributed by atoms with Crippen LogP contribution < -0.4 is 5.32 Å². The molecule has 1 atom stereocenters. The average Bonchev–Trinajstić information content (AvgIpc) is 3.17. The Morgan fingerprint density at radius 3 is 2.66 bits per heavy atom. The van der Waals surface area contributed by atoms with Gasteiger partial charge in [-0.15, -0.1) is 0 Å². The summed E-state index contributed by atoms with van der Waals surface area (Å²) in [7, 11) is 1.65. The molecule has 1 N–H and O–H groups in total. The van der Waals surface area contributed by atoms with Crippen molar-refractivity contribution in [1.82, 2.24) is 15.4 Å². The van der Waals surface area contributed by atoms with E-state index in [9.17, 15) is 9.59 Å². The van der Waals surface area contributed by atoms with Crippen LogP contribution in [0.1, 0.15) is 49.0 Å². The number of nitrogens with zero attached hydrogens (tertiary/aromatic N) is 2. The van der Waals surface area contributed by atoms with E-state index in [0.717, 1.165) is 12.0 Å².